The predicted molar refractivity (Wildman–Crippen MR) is 230 cm³/mol. The predicted octanol–water partition coefficient (Wildman–Crippen LogP) is 2.39. The van der Waals surface area contributed by atoms with Crippen LogP contribution in [0.2, 0.25) is 0 Å². The summed E-state index contributed by atoms with van der Waals surface area (Å²) in [5.41, 5.74) is 3.06. The summed E-state index contributed by atoms with van der Waals surface area (Å²) in [6.07, 6.45) is 2.67. The van der Waals surface area contributed by atoms with Crippen LogP contribution in [0.15, 0.2) is 36.4 Å². The number of imide groups is 4. The molecule has 6 heterocycles. The highest BCUT2D eigenvalue weighted by atomic mass is 127. The third kappa shape index (κ3) is 10.1. The Hall–Kier alpha value is -4.17. The molecular formula is C40H47Cl2IN8O8. The molecule has 2 aromatic carbocycles. The van der Waals surface area contributed by atoms with E-state index in [1.54, 1.807) is 24.3 Å². The van der Waals surface area contributed by atoms with Crippen molar-refractivity contribution in [1.29, 1.82) is 0 Å². The largest absolute Gasteiger partial charge is 0.369 e. The standard InChI is InChI=1S/C20H23ClN4O4.C17H18N4O4.C3H6ClI/c21-6-1-7-23-8-10-24(11-9-23)13-2-3-14-15(12-13)20(29)25(19(14)28)16-4-5-17(26)22-18(16)27;22-14-4-3-13(15(23)19-14)21-16(24)11-2-1-10(9-12(11)17(21)25)20-7-5-18-6-8-20;4-2-1-3-5/h2-3,12,16H,1,4-11H2,(H,22,26,27);1-2,9,13,18H,3-8H2,(H,19,22,23);1-3H2. The van der Waals surface area contributed by atoms with Crippen LogP contribution in [0.25, 0.3) is 0 Å². The van der Waals surface area contributed by atoms with Crippen molar-refractivity contribution in [2.45, 2.75) is 50.6 Å². The van der Waals surface area contributed by atoms with Gasteiger partial charge in [0.25, 0.3) is 23.6 Å². The van der Waals surface area contributed by atoms with E-state index in [9.17, 15) is 38.4 Å². The minimum absolute atomic E-state index is 0.114. The van der Waals surface area contributed by atoms with E-state index >= 15 is 0 Å². The zero-order chi connectivity index (χ0) is 42.2. The molecule has 3 N–H and O–H groups in total. The Balaban J connectivity index is 0.000000180. The number of fused-ring (bicyclic) bond motifs is 2. The molecule has 0 aliphatic carbocycles. The van der Waals surface area contributed by atoms with E-state index in [1.165, 1.54) is 4.43 Å². The lowest BCUT2D eigenvalue weighted by molar-refractivity contribution is -0.137. The number of benzene rings is 2. The first-order valence-electron chi connectivity index (χ1n) is 19.8. The monoisotopic (exact) mass is 964 g/mol. The third-order valence-electron chi connectivity index (χ3n) is 10.9. The van der Waals surface area contributed by atoms with Crippen LogP contribution in [0.5, 0.6) is 0 Å². The minimum atomic E-state index is -0.936. The molecule has 0 spiro atoms. The van der Waals surface area contributed by atoms with Gasteiger partial charge in [-0.1, -0.05) is 22.6 Å². The zero-order valence-corrected chi connectivity index (χ0v) is 36.2. The van der Waals surface area contributed by atoms with Gasteiger partial charge in [0.2, 0.25) is 23.6 Å². The van der Waals surface area contributed by atoms with E-state index in [2.05, 4.69) is 53.2 Å². The zero-order valence-electron chi connectivity index (χ0n) is 32.5. The second-order valence-electron chi connectivity index (χ2n) is 14.7. The lowest BCUT2D eigenvalue weighted by atomic mass is 10.0. The molecule has 8 rings (SSSR count). The topological polar surface area (TPSA) is 189 Å². The highest BCUT2D eigenvalue weighted by molar-refractivity contribution is 14.1. The average Bonchev–Trinajstić information content (AvgIpc) is 3.64. The number of hydrogen-bond acceptors (Lipinski definition) is 12. The van der Waals surface area contributed by atoms with Gasteiger partial charge in [0.15, 0.2) is 0 Å². The van der Waals surface area contributed by atoms with Crippen LogP contribution in [0.1, 0.15) is 80.0 Å². The minimum Gasteiger partial charge on any atom is -0.369 e. The van der Waals surface area contributed by atoms with Gasteiger partial charge in [0, 0.05) is 92.8 Å². The molecular weight excluding hydrogens is 918 g/mol. The first-order valence-corrected chi connectivity index (χ1v) is 22.4. The number of nitrogens with zero attached hydrogens (tertiary/aromatic N) is 5. The van der Waals surface area contributed by atoms with Crippen LogP contribution in [-0.2, 0) is 19.2 Å². The molecule has 0 aromatic heterocycles. The van der Waals surface area contributed by atoms with Crippen LogP contribution < -0.4 is 25.8 Å². The number of alkyl halides is 3. The smallest absolute Gasteiger partial charge is 0.262 e. The van der Waals surface area contributed by atoms with Crippen LogP contribution in [-0.4, -0.2) is 149 Å². The summed E-state index contributed by atoms with van der Waals surface area (Å²) in [5.74, 6) is -2.36. The number of piperidine rings is 2. The first kappa shape index (κ1) is 44.4. The maximum Gasteiger partial charge on any atom is 0.262 e. The number of amides is 8. The van der Waals surface area contributed by atoms with Crippen LogP contribution in [0, 0.1) is 0 Å². The maximum absolute atomic E-state index is 12.9. The number of rotatable bonds is 9. The molecule has 6 aliphatic rings. The lowest BCUT2D eigenvalue weighted by Crippen LogP contribution is -2.54. The molecule has 0 bridgehead atoms. The van der Waals surface area contributed by atoms with Gasteiger partial charge in [0.05, 0.1) is 22.3 Å². The summed E-state index contributed by atoms with van der Waals surface area (Å²) < 4.78 is 1.18. The highest BCUT2D eigenvalue weighted by Crippen LogP contribution is 2.32. The van der Waals surface area contributed by atoms with Gasteiger partial charge in [-0.2, -0.15) is 0 Å². The quantitative estimate of drug-likeness (QED) is 0.190. The SMILES string of the molecule is ClCCCI.O=C1CCC(N2C(=O)c3ccc(N4CCN(CCCCl)CC4)cc3C2=O)C(=O)N1.O=C1CCC(N2C(=O)c3ccc(N4CCNCC4)cc3C2=O)C(=O)N1. The summed E-state index contributed by atoms with van der Waals surface area (Å²) in [6, 6.07) is 8.62. The van der Waals surface area contributed by atoms with Gasteiger partial charge in [-0.15, -0.1) is 23.2 Å². The van der Waals surface area contributed by atoms with Crippen LogP contribution >= 0.6 is 45.8 Å². The second-order valence-corrected chi connectivity index (χ2v) is 16.5. The van der Waals surface area contributed by atoms with Gasteiger partial charge >= 0.3 is 0 Å². The van der Waals surface area contributed by atoms with Crippen molar-refractivity contribution in [2.24, 2.45) is 0 Å². The summed E-state index contributed by atoms with van der Waals surface area (Å²) >= 11 is 13.4. The van der Waals surface area contributed by atoms with E-state index in [1.807, 2.05) is 12.1 Å². The molecule has 19 heteroatoms. The molecule has 16 nitrogen and oxygen atoms in total. The number of carbonyl (C=O) groups excluding carboxylic acids is 8. The Labute approximate surface area is 365 Å². The Kier molecular flexibility index (Phi) is 15.3. The molecule has 2 unspecified atom stereocenters. The number of carbonyl (C=O) groups is 8. The summed E-state index contributed by atoms with van der Waals surface area (Å²) in [5, 5.41) is 7.68. The first-order chi connectivity index (χ1) is 28.5. The van der Waals surface area contributed by atoms with Crippen molar-refractivity contribution < 1.29 is 38.4 Å². The second kappa shape index (κ2) is 20.4. The molecule has 0 radical (unpaired) electrons. The Morgan fingerprint density at radius 1 is 0.576 bits per heavy atom. The van der Waals surface area contributed by atoms with Crippen molar-refractivity contribution in [3.8, 4) is 0 Å². The van der Waals surface area contributed by atoms with Gasteiger partial charge in [-0.05, 0) is 68.6 Å². The molecule has 4 fully saturated rings. The fraction of sp³-hybridized carbons (Fsp3) is 0.500. The van der Waals surface area contributed by atoms with Gasteiger partial charge in [0.1, 0.15) is 12.1 Å². The van der Waals surface area contributed by atoms with E-state index in [0.717, 1.165) is 98.8 Å². The van der Waals surface area contributed by atoms with E-state index < -0.39 is 47.5 Å². The number of nitrogens with one attached hydrogen (secondary N) is 3. The Morgan fingerprint density at radius 3 is 1.42 bits per heavy atom. The molecule has 4 saturated heterocycles. The Morgan fingerprint density at radius 2 is 1.02 bits per heavy atom. The van der Waals surface area contributed by atoms with E-state index in [0.29, 0.717) is 28.1 Å². The third-order valence-corrected chi connectivity index (χ3v) is 12.2. The van der Waals surface area contributed by atoms with Gasteiger partial charge in [-0.25, -0.2) is 0 Å². The normalized spacial score (nSPS) is 22.0. The van der Waals surface area contributed by atoms with E-state index in [-0.39, 0.29) is 37.5 Å². The van der Waals surface area contributed by atoms with Crippen LogP contribution in [0.3, 0.4) is 0 Å². The lowest BCUT2D eigenvalue weighted by Gasteiger charge is -2.36. The number of hydrogen-bond donors (Lipinski definition) is 3. The molecule has 59 heavy (non-hydrogen) atoms. The molecule has 8 amide bonds. The van der Waals surface area contributed by atoms with E-state index in [4.69, 9.17) is 23.2 Å². The van der Waals surface area contributed by atoms with Gasteiger partial charge in [-0.3, -0.25) is 63.7 Å². The van der Waals surface area contributed by atoms with Crippen molar-refractivity contribution in [1.82, 2.24) is 30.7 Å². The Bertz CT molecular complexity index is 1990. The molecule has 2 atom stereocenters. The molecule has 6 aliphatic heterocycles. The summed E-state index contributed by atoms with van der Waals surface area (Å²) in [6.45, 7) is 7.89. The van der Waals surface area contributed by atoms with Gasteiger partial charge < -0.3 is 15.1 Å². The fourth-order valence-corrected chi connectivity index (χ4v) is 8.88. The summed E-state index contributed by atoms with van der Waals surface area (Å²) in [4.78, 5) is 107. The maximum atomic E-state index is 12.9. The van der Waals surface area contributed by atoms with Crippen molar-refractivity contribution in [3.05, 3.63) is 58.7 Å². The molecule has 316 valence electrons. The summed E-state index contributed by atoms with van der Waals surface area (Å²) in [7, 11) is 0. The van der Waals surface area contributed by atoms with Crippen molar-refractivity contribution in [2.75, 3.05) is 84.9 Å². The highest BCUT2D eigenvalue weighted by Gasteiger charge is 2.46. The number of anilines is 2. The fourth-order valence-electron chi connectivity index (χ4n) is 7.80. The van der Waals surface area contributed by atoms with Crippen LogP contribution in [0.4, 0.5) is 11.4 Å². The average molecular weight is 966 g/mol. The molecule has 0 saturated carbocycles. The number of halogens is 3. The van der Waals surface area contributed by atoms with Crippen molar-refractivity contribution in [3.63, 3.8) is 0 Å². The molecule has 2 aromatic rings. The number of piperazine rings is 2. The van der Waals surface area contributed by atoms with Crippen molar-refractivity contribution >= 4 is 104 Å².